The highest BCUT2D eigenvalue weighted by atomic mass is 79.9. The Morgan fingerprint density at radius 3 is 2.54 bits per heavy atom. The number of benzene rings is 2. The topological polar surface area (TPSA) is 33.2 Å². The van der Waals surface area contributed by atoms with Gasteiger partial charge in [0.05, 0.1) is 11.3 Å². The second kappa shape index (κ2) is 7.73. The summed E-state index contributed by atoms with van der Waals surface area (Å²) in [5.74, 6) is -0.0294. The lowest BCUT2D eigenvalue weighted by molar-refractivity contribution is 0.0986. The van der Waals surface area contributed by atoms with Gasteiger partial charge in [-0.15, -0.1) is 11.3 Å². The molecular formula is C19H17BrN2OS. The summed E-state index contributed by atoms with van der Waals surface area (Å²) in [5.41, 5.74) is 2.61. The number of aromatic nitrogens is 1. The minimum absolute atomic E-state index is 0.0294. The normalized spacial score (nSPS) is 10.6. The van der Waals surface area contributed by atoms with Crippen LogP contribution >= 0.6 is 27.3 Å². The third-order valence-corrected chi connectivity index (χ3v) is 5.14. The van der Waals surface area contributed by atoms with E-state index >= 15 is 0 Å². The maximum Gasteiger partial charge on any atom is 0.261 e. The number of rotatable bonds is 5. The number of hydrogen-bond acceptors (Lipinski definition) is 3. The molecule has 24 heavy (non-hydrogen) atoms. The van der Waals surface area contributed by atoms with E-state index in [0.29, 0.717) is 12.1 Å². The minimum Gasteiger partial charge on any atom is -0.284 e. The van der Waals surface area contributed by atoms with E-state index in [-0.39, 0.29) is 5.91 Å². The Hall–Kier alpha value is -1.98. The first-order valence-corrected chi connectivity index (χ1v) is 9.45. The van der Waals surface area contributed by atoms with E-state index < -0.39 is 0 Å². The van der Waals surface area contributed by atoms with Gasteiger partial charge >= 0.3 is 0 Å². The van der Waals surface area contributed by atoms with Crippen LogP contribution in [0.1, 0.15) is 23.7 Å². The van der Waals surface area contributed by atoms with Gasteiger partial charge in [0, 0.05) is 22.0 Å². The molecular weight excluding hydrogens is 384 g/mol. The second-order valence-electron chi connectivity index (χ2n) is 5.32. The molecule has 0 aliphatic rings. The van der Waals surface area contributed by atoms with E-state index in [2.05, 4.69) is 27.8 Å². The number of carbonyl (C=O) groups excluding carboxylic acids is 1. The van der Waals surface area contributed by atoms with Gasteiger partial charge < -0.3 is 0 Å². The molecule has 1 amide bonds. The first-order chi connectivity index (χ1) is 11.7. The predicted molar refractivity (Wildman–Crippen MR) is 104 cm³/mol. The molecule has 122 valence electrons. The lowest BCUT2D eigenvalue weighted by Crippen LogP contribution is -2.31. The minimum atomic E-state index is -0.0294. The molecule has 0 atom stereocenters. The molecule has 0 bridgehead atoms. The Balaban J connectivity index is 1.93. The van der Waals surface area contributed by atoms with Crippen LogP contribution in [-0.2, 0) is 0 Å². The van der Waals surface area contributed by atoms with Crippen LogP contribution in [-0.4, -0.2) is 17.4 Å². The van der Waals surface area contributed by atoms with Gasteiger partial charge in [-0.2, -0.15) is 0 Å². The van der Waals surface area contributed by atoms with Crippen LogP contribution in [0.3, 0.4) is 0 Å². The van der Waals surface area contributed by atoms with Crippen molar-refractivity contribution in [1.82, 2.24) is 4.98 Å². The van der Waals surface area contributed by atoms with E-state index in [0.717, 1.165) is 27.3 Å². The summed E-state index contributed by atoms with van der Waals surface area (Å²) < 4.78 is 0.802. The summed E-state index contributed by atoms with van der Waals surface area (Å²) in [6, 6.07) is 17.5. The van der Waals surface area contributed by atoms with E-state index in [1.54, 1.807) is 4.90 Å². The third kappa shape index (κ3) is 3.57. The van der Waals surface area contributed by atoms with Gasteiger partial charge in [0.2, 0.25) is 0 Å². The fourth-order valence-electron chi connectivity index (χ4n) is 2.42. The highest BCUT2D eigenvalue weighted by molar-refractivity contribution is 9.10. The average molecular weight is 401 g/mol. The van der Waals surface area contributed by atoms with E-state index in [4.69, 9.17) is 0 Å². The zero-order valence-electron chi connectivity index (χ0n) is 13.3. The Bertz CT molecular complexity index is 832. The molecule has 0 spiro atoms. The quantitative estimate of drug-likeness (QED) is 0.555. The van der Waals surface area contributed by atoms with Crippen molar-refractivity contribution in [3.05, 3.63) is 70.0 Å². The lowest BCUT2D eigenvalue weighted by Gasteiger charge is -2.19. The number of nitrogens with zero attached hydrogens (tertiary/aromatic N) is 2. The monoisotopic (exact) mass is 400 g/mol. The van der Waals surface area contributed by atoms with Crippen LogP contribution in [0.5, 0.6) is 0 Å². The number of thiazole rings is 1. The van der Waals surface area contributed by atoms with Crippen molar-refractivity contribution in [1.29, 1.82) is 0 Å². The van der Waals surface area contributed by atoms with Crippen LogP contribution in [0.2, 0.25) is 0 Å². The lowest BCUT2D eigenvalue weighted by atomic mass is 10.2. The van der Waals surface area contributed by atoms with Crippen molar-refractivity contribution in [3.63, 3.8) is 0 Å². The van der Waals surface area contributed by atoms with Crippen LogP contribution in [0.4, 0.5) is 5.13 Å². The van der Waals surface area contributed by atoms with Gasteiger partial charge in [0.25, 0.3) is 5.91 Å². The summed E-state index contributed by atoms with van der Waals surface area (Å²) in [5, 5.41) is 2.73. The largest absolute Gasteiger partial charge is 0.284 e. The number of carbonyl (C=O) groups is 1. The van der Waals surface area contributed by atoms with Gasteiger partial charge in [0.15, 0.2) is 5.13 Å². The van der Waals surface area contributed by atoms with Crippen LogP contribution < -0.4 is 4.90 Å². The smallest absolute Gasteiger partial charge is 0.261 e. The van der Waals surface area contributed by atoms with Crippen molar-refractivity contribution in [2.75, 3.05) is 11.4 Å². The maximum atomic E-state index is 13.0. The molecule has 0 saturated carbocycles. The summed E-state index contributed by atoms with van der Waals surface area (Å²) in [4.78, 5) is 19.4. The van der Waals surface area contributed by atoms with E-state index in [9.17, 15) is 4.79 Å². The predicted octanol–water partition coefficient (Wildman–Crippen LogP) is 5.63. The number of anilines is 1. The molecule has 0 N–H and O–H groups in total. The highest BCUT2D eigenvalue weighted by Crippen LogP contribution is 2.29. The summed E-state index contributed by atoms with van der Waals surface area (Å²) in [6.07, 6.45) is 0.871. The first kappa shape index (κ1) is 16.9. The number of halogens is 1. The zero-order valence-corrected chi connectivity index (χ0v) is 15.7. The second-order valence-corrected chi connectivity index (χ2v) is 7.01. The van der Waals surface area contributed by atoms with Crippen molar-refractivity contribution in [2.24, 2.45) is 0 Å². The first-order valence-electron chi connectivity index (χ1n) is 7.78. The molecule has 0 fully saturated rings. The summed E-state index contributed by atoms with van der Waals surface area (Å²) in [6.45, 7) is 2.70. The molecule has 2 aromatic carbocycles. The molecule has 0 radical (unpaired) electrons. The Labute approximate surface area is 154 Å². The molecule has 3 nitrogen and oxygen atoms in total. The molecule has 1 heterocycles. The van der Waals surface area contributed by atoms with Gasteiger partial charge in [0.1, 0.15) is 0 Å². The molecule has 3 aromatic rings. The summed E-state index contributed by atoms with van der Waals surface area (Å²) >= 11 is 4.97. The zero-order chi connectivity index (χ0) is 16.9. The third-order valence-electron chi connectivity index (χ3n) is 3.59. The number of hydrogen-bond donors (Lipinski definition) is 0. The van der Waals surface area contributed by atoms with Crippen molar-refractivity contribution in [3.8, 4) is 11.3 Å². The molecule has 0 aliphatic heterocycles. The maximum absolute atomic E-state index is 13.0. The molecule has 0 aliphatic carbocycles. The van der Waals surface area contributed by atoms with Gasteiger partial charge in [-0.05, 0) is 34.5 Å². The summed E-state index contributed by atoms with van der Waals surface area (Å²) in [7, 11) is 0. The SMILES string of the molecule is CCCN(C(=O)c1ccccc1Br)c1nc(-c2ccccc2)cs1. The van der Waals surface area contributed by atoms with Crippen molar-refractivity contribution < 1.29 is 4.79 Å². The molecule has 0 unspecified atom stereocenters. The highest BCUT2D eigenvalue weighted by Gasteiger charge is 2.21. The van der Waals surface area contributed by atoms with Gasteiger partial charge in [-0.3, -0.25) is 9.69 Å². The Morgan fingerprint density at radius 1 is 1.12 bits per heavy atom. The molecule has 0 saturated heterocycles. The Kier molecular flexibility index (Phi) is 5.43. The van der Waals surface area contributed by atoms with Gasteiger partial charge in [-0.25, -0.2) is 4.98 Å². The standard InChI is InChI=1S/C19H17BrN2OS/c1-2-12-22(18(23)15-10-6-7-11-16(15)20)19-21-17(13-24-19)14-8-4-3-5-9-14/h3-11,13H,2,12H2,1H3. The van der Waals surface area contributed by atoms with Crippen LogP contribution in [0.15, 0.2) is 64.5 Å². The fraction of sp³-hybridized carbons (Fsp3) is 0.158. The van der Waals surface area contributed by atoms with Crippen molar-refractivity contribution in [2.45, 2.75) is 13.3 Å². The van der Waals surface area contributed by atoms with Crippen molar-refractivity contribution >= 4 is 38.3 Å². The molecule has 1 aromatic heterocycles. The average Bonchev–Trinajstić information content (AvgIpc) is 3.10. The molecule has 3 rings (SSSR count). The van der Waals surface area contributed by atoms with Crippen LogP contribution in [0.25, 0.3) is 11.3 Å². The van der Waals surface area contributed by atoms with E-state index in [1.165, 1.54) is 11.3 Å². The van der Waals surface area contributed by atoms with Crippen LogP contribution in [0, 0.1) is 0 Å². The fourth-order valence-corrected chi connectivity index (χ4v) is 3.73. The van der Waals surface area contributed by atoms with Gasteiger partial charge in [-0.1, -0.05) is 49.4 Å². The Morgan fingerprint density at radius 2 is 1.83 bits per heavy atom. The number of amides is 1. The molecule has 5 heteroatoms. The van der Waals surface area contributed by atoms with E-state index in [1.807, 2.05) is 60.0 Å².